The minimum atomic E-state index is -0.979. The van der Waals surface area contributed by atoms with E-state index in [0.717, 1.165) is 5.52 Å². The average Bonchev–Trinajstić information content (AvgIpc) is 2.55. The summed E-state index contributed by atoms with van der Waals surface area (Å²) >= 11 is 0. The fourth-order valence-electron chi connectivity index (χ4n) is 1.52. The third kappa shape index (κ3) is 1.46. The molecule has 1 aromatic carbocycles. The molecule has 5 heteroatoms. The normalized spacial score (nSPS) is 10.8. The number of aromatic nitrogens is 2. The second-order valence-corrected chi connectivity index (χ2v) is 3.25. The molecular weight excluding hydrogens is 196 g/mol. The minimum Gasteiger partial charge on any atom is -0.478 e. The maximum absolute atomic E-state index is 10.7. The van der Waals surface area contributed by atoms with Crippen molar-refractivity contribution in [3.63, 3.8) is 0 Å². The highest BCUT2D eigenvalue weighted by molar-refractivity contribution is 5.92. The zero-order chi connectivity index (χ0) is 11.0. The van der Waals surface area contributed by atoms with Gasteiger partial charge in [0.1, 0.15) is 12.4 Å². The van der Waals surface area contributed by atoms with Gasteiger partial charge in [-0.2, -0.15) is 0 Å². The van der Waals surface area contributed by atoms with Gasteiger partial charge in [-0.15, -0.1) is 0 Å². The first-order valence-corrected chi connectivity index (χ1v) is 4.43. The lowest BCUT2D eigenvalue weighted by atomic mass is 10.2. The third-order valence-electron chi connectivity index (χ3n) is 2.36. The number of carboxylic acid groups (broad SMARTS) is 1. The van der Waals surface area contributed by atoms with E-state index >= 15 is 0 Å². The van der Waals surface area contributed by atoms with Crippen LogP contribution in [0.3, 0.4) is 0 Å². The van der Waals surface area contributed by atoms with Crippen LogP contribution in [0.2, 0.25) is 0 Å². The van der Waals surface area contributed by atoms with Crippen LogP contribution in [0.5, 0.6) is 0 Å². The van der Waals surface area contributed by atoms with Gasteiger partial charge in [0.15, 0.2) is 0 Å². The monoisotopic (exact) mass is 206 g/mol. The van der Waals surface area contributed by atoms with Crippen molar-refractivity contribution in [3.05, 3.63) is 29.6 Å². The van der Waals surface area contributed by atoms with E-state index in [-0.39, 0.29) is 12.2 Å². The third-order valence-corrected chi connectivity index (χ3v) is 2.36. The molecule has 2 rings (SSSR count). The maximum Gasteiger partial charge on any atom is 0.335 e. The van der Waals surface area contributed by atoms with Crippen LogP contribution in [0.4, 0.5) is 0 Å². The predicted molar refractivity (Wildman–Crippen MR) is 53.6 cm³/mol. The molecule has 0 bridgehead atoms. The molecule has 1 heterocycles. The van der Waals surface area contributed by atoms with E-state index in [1.165, 1.54) is 12.1 Å². The topological polar surface area (TPSA) is 75.3 Å². The standard InChI is InChI=1S/C10H10N2O3/c1-12-8-3-2-6(10(14)15)4-7(8)11-9(12)5-13/h2-4,13H,5H2,1H3,(H,14,15). The summed E-state index contributed by atoms with van der Waals surface area (Å²) in [4.78, 5) is 14.8. The Balaban J connectivity index is 2.68. The number of hydrogen-bond donors (Lipinski definition) is 2. The lowest BCUT2D eigenvalue weighted by Gasteiger charge is -1.97. The number of benzene rings is 1. The molecule has 0 aliphatic heterocycles. The van der Waals surface area contributed by atoms with Crippen molar-refractivity contribution in [1.29, 1.82) is 0 Å². The highest BCUT2D eigenvalue weighted by Crippen LogP contribution is 2.16. The summed E-state index contributed by atoms with van der Waals surface area (Å²) in [6.07, 6.45) is 0. The quantitative estimate of drug-likeness (QED) is 0.760. The van der Waals surface area contributed by atoms with Gasteiger partial charge >= 0.3 is 5.97 Å². The highest BCUT2D eigenvalue weighted by Gasteiger charge is 2.09. The summed E-state index contributed by atoms with van der Waals surface area (Å²) in [5.41, 5.74) is 1.59. The molecule has 0 unspecified atom stereocenters. The Morgan fingerprint density at radius 3 is 2.87 bits per heavy atom. The number of aryl methyl sites for hydroxylation is 1. The van der Waals surface area contributed by atoms with Crippen LogP contribution in [0.15, 0.2) is 18.2 Å². The van der Waals surface area contributed by atoms with Crippen LogP contribution in [-0.2, 0) is 13.7 Å². The van der Waals surface area contributed by atoms with Crippen LogP contribution in [0.1, 0.15) is 16.2 Å². The van der Waals surface area contributed by atoms with Gasteiger partial charge < -0.3 is 14.8 Å². The number of nitrogens with zero attached hydrogens (tertiary/aromatic N) is 2. The molecule has 0 saturated carbocycles. The van der Waals surface area contributed by atoms with Gasteiger partial charge in [-0.3, -0.25) is 0 Å². The molecule has 0 atom stereocenters. The van der Waals surface area contributed by atoms with Gasteiger partial charge in [0.25, 0.3) is 0 Å². The van der Waals surface area contributed by atoms with Crippen molar-refractivity contribution in [1.82, 2.24) is 9.55 Å². The second kappa shape index (κ2) is 3.36. The maximum atomic E-state index is 10.7. The first-order chi connectivity index (χ1) is 7.13. The summed E-state index contributed by atoms with van der Waals surface area (Å²) in [6, 6.07) is 4.70. The van der Waals surface area contributed by atoms with Crippen LogP contribution in [-0.4, -0.2) is 25.7 Å². The molecule has 15 heavy (non-hydrogen) atoms. The number of rotatable bonds is 2. The number of carboxylic acids is 1. The summed E-state index contributed by atoms with van der Waals surface area (Å²) < 4.78 is 1.74. The molecule has 78 valence electrons. The fourth-order valence-corrected chi connectivity index (χ4v) is 1.52. The van der Waals surface area contributed by atoms with E-state index in [1.807, 2.05) is 0 Å². The van der Waals surface area contributed by atoms with Crippen LogP contribution in [0, 0.1) is 0 Å². The Morgan fingerprint density at radius 1 is 1.53 bits per heavy atom. The van der Waals surface area contributed by atoms with E-state index in [1.54, 1.807) is 17.7 Å². The molecule has 0 amide bonds. The number of aromatic carboxylic acids is 1. The summed E-state index contributed by atoms with van der Waals surface area (Å²) in [5, 5.41) is 17.8. The highest BCUT2D eigenvalue weighted by atomic mass is 16.4. The summed E-state index contributed by atoms with van der Waals surface area (Å²) in [6.45, 7) is -0.159. The molecule has 2 aromatic rings. The Hall–Kier alpha value is -1.88. The van der Waals surface area contributed by atoms with E-state index in [9.17, 15) is 4.79 Å². The SMILES string of the molecule is Cn1c(CO)nc2cc(C(=O)O)ccc21. The second-order valence-electron chi connectivity index (χ2n) is 3.25. The summed E-state index contributed by atoms with van der Waals surface area (Å²) in [5.74, 6) is -0.458. The molecule has 0 saturated heterocycles. The zero-order valence-corrected chi connectivity index (χ0v) is 8.14. The predicted octanol–water partition coefficient (Wildman–Crippen LogP) is 0.764. The van der Waals surface area contributed by atoms with Crippen molar-refractivity contribution in [2.24, 2.45) is 7.05 Å². The minimum absolute atomic E-state index is 0.159. The van der Waals surface area contributed by atoms with Gasteiger partial charge in [0.05, 0.1) is 16.6 Å². The Labute approximate surface area is 85.6 Å². The van der Waals surface area contributed by atoms with Crippen molar-refractivity contribution >= 4 is 17.0 Å². The summed E-state index contributed by atoms with van der Waals surface area (Å²) in [7, 11) is 1.78. The zero-order valence-electron chi connectivity index (χ0n) is 8.14. The smallest absolute Gasteiger partial charge is 0.335 e. The molecule has 5 nitrogen and oxygen atoms in total. The molecule has 0 aliphatic carbocycles. The largest absolute Gasteiger partial charge is 0.478 e. The molecular formula is C10H10N2O3. The fraction of sp³-hybridized carbons (Fsp3) is 0.200. The lowest BCUT2D eigenvalue weighted by molar-refractivity contribution is 0.0697. The first kappa shape index (κ1) is 9.67. The number of hydrogen-bond acceptors (Lipinski definition) is 3. The van der Waals surface area contributed by atoms with Crippen molar-refractivity contribution in [2.45, 2.75) is 6.61 Å². The number of fused-ring (bicyclic) bond motifs is 1. The lowest BCUT2D eigenvalue weighted by Crippen LogP contribution is -1.97. The van der Waals surface area contributed by atoms with Crippen molar-refractivity contribution in [3.8, 4) is 0 Å². The van der Waals surface area contributed by atoms with E-state index in [4.69, 9.17) is 10.2 Å². The van der Waals surface area contributed by atoms with E-state index in [0.29, 0.717) is 11.3 Å². The van der Waals surface area contributed by atoms with Crippen molar-refractivity contribution in [2.75, 3.05) is 0 Å². The first-order valence-electron chi connectivity index (χ1n) is 4.43. The number of aliphatic hydroxyl groups is 1. The van der Waals surface area contributed by atoms with Crippen LogP contribution in [0.25, 0.3) is 11.0 Å². The molecule has 0 fully saturated rings. The Kier molecular flexibility index (Phi) is 2.17. The molecule has 0 aliphatic rings. The Bertz CT molecular complexity index is 531. The average molecular weight is 206 g/mol. The molecule has 0 radical (unpaired) electrons. The van der Waals surface area contributed by atoms with Crippen molar-refractivity contribution < 1.29 is 15.0 Å². The van der Waals surface area contributed by atoms with Gasteiger partial charge in [0, 0.05) is 7.05 Å². The molecule has 2 N–H and O–H groups in total. The van der Waals surface area contributed by atoms with Gasteiger partial charge in [0.2, 0.25) is 0 Å². The Morgan fingerprint density at radius 2 is 2.27 bits per heavy atom. The van der Waals surface area contributed by atoms with Gasteiger partial charge in [-0.05, 0) is 18.2 Å². The number of carbonyl (C=O) groups is 1. The number of imidazole rings is 1. The van der Waals surface area contributed by atoms with Gasteiger partial charge in [-0.25, -0.2) is 9.78 Å². The van der Waals surface area contributed by atoms with Crippen LogP contribution < -0.4 is 0 Å². The van der Waals surface area contributed by atoms with E-state index < -0.39 is 5.97 Å². The van der Waals surface area contributed by atoms with Crippen LogP contribution >= 0.6 is 0 Å². The molecule has 0 spiro atoms. The van der Waals surface area contributed by atoms with Gasteiger partial charge in [-0.1, -0.05) is 0 Å². The van der Waals surface area contributed by atoms with E-state index in [2.05, 4.69) is 4.98 Å². The number of aliphatic hydroxyl groups excluding tert-OH is 1. The molecule has 1 aromatic heterocycles.